The summed E-state index contributed by atoms with van der Waals surface area (Å²) in [5.41, 5.74) is 2.17. The fraction of sp³-hybridized carbons (Fsp3) is 0.188. The van der Waals surface area contributed by atoms with Gasteiger partial charge < -0.3 is 4.74 Å². The summed E-state index contributed by atoms with van der Waals surface area (Å²) in [7, 11) is 0. The first kappa shape index (κ1) is 13.6. The molecule has 2 rings (SSSR count). The number of hydrogen-bond donors (Lipinski definition) is 0. The van der Waals surface area contributed by atoms with Gasteiger partial charge in [-0.3, -0.25) is 4.79 Å². The van der Waals surface area contributed by atoms with Crippen molar-refractivity contribution in [2.75, 3.05) is 0 Å². The molecule has 0 aliphatic rings. The van der Waals surface area contributed by atoms with Crippen molar-refractivity contribution in [3.05, 3.63) is 64.7 Å². The van der Waals surface area contributed by atoms with Crippen LogP contribution >= 0.6 is 11.6 Å². The van der Waals surface area contributed by atoms with E-state index in [4.69, 9.17) is 16.3 Å². The Kier molecular flexibility index (Phi) is 4.58. The van der Waals surface area contributed by atoms with Gasteiger partial charge in [0.1, 0.15) is 5.75 Å². The van der Waals surface area contributed by atoms with Crippen molar-refractivity contribution in [3.63, 3.8) is 0 Å². The van der Waals surface area contributed by atoms with Gasteiger partial charge in [-0.05, 0) is 43.2 Å². The van der Waals surface area contributed by atoms with Crippen molar-refractivity contribution in [1.29, 1.82) is 0 Å². The van der Waals surface area contributed by atoms with Crippen LogP contribution in [0.25, 0.3) is 0 Å². The number of esters is 1. The van der Waals surface area contributed by atoms with Gasteiger partial charge in [-0.15, -0.1) is 0 Å². The van der Waals surface area contributed by atoms with E-state index in [1.807, 2.05) is 43.3 Å². The lowest BCUT2D eigenvalue weighted by Crippen LogP contribution is -2.08. The van der Waals surface area contributed by atoms with Crippen LogP contribution < -0.4 is 4.74 Å². The molecular formula is C16H15ClO2. The smallest absolute Gasteiger partial charge is 0.311 e. The zero-order chi connectivity index (χ0) is 13.7. The number of aryl methyl sites for hydroxylation is 2. The van der Waals surface area contributed by atoms with Crippen molar-refractivity contribution in [2.45, 2.75) is 19.8 Å². The Labute approximate surface area is 118 Å². The number of ether oxygens (including phenoxy) is 1. The Morgan fingerprint density at radius 3 is 2.58 bits per heavy atom. The molecule has 0 amide bonds. The lowest BCUT2D eigenvalue weighted by Gasteiger charge is -2.05. The van der Waals surface area contributed by atoms with Crippen molar-refractivity contribution in [2.24, 2.45) is 0 Å². The molecule has 0 aromatic heterocycles. The van der Waals surface area contributed by atoms with Gasteiger partial charge in [-0.2, -0.15) is 0 Å². The van der Waals surface area contributed by atoms with Gasteiger partial charge in [0.15, 0.2) is 0 Å². The normalized spacial score (nSPS) is 10.2. The maximum Gasteiger partial charge on any atom is 0.311 e. The highest BCUT2D eigenvalue weighted by Gasteiger charge is 2.05. The summed E-state index contributed by atoms with van der Waals surface area (Å²) in [6, 6.07) is 14.9. The number of halogens is 1. The number of benzene rings is 2. The highest BCUT2D eigenvalue weighted by Crippen LogP contribution is 2.14. The number of carbonyl (C=O) groups is 1. The van der Waals surface area contributed by atoms with E-state index in [0.29, 0.717) is 23.6 Å². The maximum absolute atomic E-state index is 11.7. The second-order valence-corrected chi connectivity index (χ2v) is 4.85. The Morgan fingerprint density at radius 1 is 1.16 bits per heavy atom. The summed E-state index contributed by atoms with van der Waals surface area (Å²) in [6.07, 6.45) is 0.972. The summed E-state index contributed by atoms with van der Waals surface area (Å²) in [6.45, 7) is 1.99. The molecular weight excluding hydrogens is 260 g/mol. The molecule has 0 unspecified atom stereocenters. The summed E-state index contributed by atoms with van der Waals surface area (Å²) in [5, 5.41) is 0.685. The Hall–Kier alpha value is -1.80. The first-order chi connectivity index (χ1) is 9.13. The first-order valence-corrected chi connectivity index (χ1v) is 6.53. The minimum atomic E-state index is -0.233. The van der Waals surface area contributed by atoms with E-state index in [2.05, 4.69) is 0 Å². The summed E-state index contributed by atoms with van der Waals surface area (Å²) >= 11 is 5.89. The van der Waals surface area contributed by atoms with Gasteiger partial charge in [0.05, 0.1) is 0 Å². The number of carbonyl (C=O) groups excluding carboxylic acids is 1. The average molecular weight is 275 g/mol. The third-order valence-corrected chi connectivity index (χ3v) is 2.99. The molecule has 0 radical (unpaired) electrons. The van der Waals surface area contributed by atoms with E-state index in [-0.39, 0.29) is 5.97 Å². The molecule has 2 aromatic rings. The van der Waals surface area contributed by atoms with E-state index in [1.165, 1.54) is 0 Å². The predicted molar refractivity (Wildman–Crippen MR) is 76.6 cm³/mol. The third-order valence-electron chi connectivity index (χ3n) is 2.76. The molecule has 0 saturated heterocycles. The van der Waals surface area contributed by atoms with E-state index in [1.54, 1.807) is 12.1 Å². The SMILES string of the molecule is Cc1ccc(OC(=O)CCc2cccc(Cl)c2)cc1. The van der Waals surface area contributed by atoms with Crippen LogP contribution in [0, 0.1) is 6.92 Å². The molecule has 98 valence electrons. The molecule has 0 aliphatic heterocycles. The highest BCUT2D eigenvalue weighted by atomic mass is 35.5. The molecule has 3 heteroatoms. The average Bonchev–Trinajstić information content (AvgIpc) is 2.39. The van der Waals surface area contributed by atoms with Crippen LogP contribution in [0.15, 0.2) is 48.5 Å². The summed E-state index contributed by atoms with van der Waals surface area (Å²) < 4.78 is 5.25. The van der Waals surface area contributed by atoms with Gasteiger partial charge >= 0.3 is 5.97 Å². The van der Waals surface area contributed by atoms with E-state index in [9.17, 15) is 4.79 Å². The monoisotopic (exact) mass is 274 g/mol. The molecule has 2 aromatic carbocycles. The molecule has 0 saturated carbocycles. The summed E-state index contributed by atoms with van der Waals surface area (Å²) in [5.74, 6) is 0.352. The molecule has 0 N–H and O–H groups in total. The number of hydrogen-bond acceptors (Lipinski definition) is 2. The first-order valence-electron chi connectivity index (χ1n) is 6.15. The Bertz CT molecular complexity index is 561. The van der Waals surface area contributed by atoms with E-state index in [0.717, 1.165) is 11.1 Å². The van der Waals surface area contributed by atoms with Crippen LogP contribution in [0.2, 0.25) is 5.02 Å². The van der Waals surface area contributed by atoms with Crippen molar-refractivity contribution in [3.8, 4) is 5.75 Å². The van der Waals surface area contributed by atoms with Crippen LogP contribution in [-0.4, -0.2) is 5.97 Å². The quantitative estimate of drug-likeness (QED) is 0.617. The van der Waals surface area contributed by atoms with Gasteiger partial charge in [-0.1, -0.05) is 41.4 Å². The number of rotatable bonds is 4. The topological polar surface area (TPSA) is 26.3 Å². The van der Waals surface area contributed by atoms with Crippen LogP contribution in [0.3, 0.4) is 0 Å². The predicted octanol–water partition coefficient (Wildman–Crippen LogP) is 4.19. The lowest BCUT2D eigenvalue weighted by molar-refractivity contribution is -0.134. The maximum atomic E-state index is 11.7. The molecule has 0 aliphatic carbocycles. The van der Waals surface area contributed by atoms with Crippen LogP contribution in [0.5, 0.6) is 5.75 Å². The molecule has 2 nitrogen and oxygen atoms in total. The molecule has 19 heavy (non-hydrogen) atoms. The highest BCUT2D eigenvalue weighted by molar-refractivity contribution is 6.30. The second kappa shape index (κ2) is 6.39. The van der Waals surface area contributed by atoms with Gasteiger partial charge in [0, 0.05) is 11.4 Å². The minimum absolute atomic E-state index is 0.233. The van der Waals surface area contributed by atoms with Crippen LogP contribution in [0.4, 0.5) is 0 Å². The van der Waals surface area contributed by atoms with Gasteiger partial charge in [0.2, 0.25) is 0 Å². The fourth-order valence-corrected chi connectivity index (χ4v) is 1.94. The lowest BCUT2D eigenvalue weighted by atomic mass is 10.1. The standard InChI is InChI=1S/C16H15ClO2/c1-12-5-8-15(9-6-12)19-16(18)10-7-13-3-2-4-14(17)11-13/h2-6,8-9,11H,7,10H2,1H3. The molecule has 0 heterocycles. The molecule has 0 atom stereocenters. The van der Waals surface area contributed by atoms with E-state index < -0.39 is 0 Å². The zero-order valence-electron chi connectivity index (χ0n) is 10.7. The Balaban J connectivity index is 1.86. The third kappa shape index (κ3) is 4.42. The zero-order valence-corrected chi connectivity index (χ0v) is 11.5. The van der Waals surface area contributed by atoms with Crippen LogP contribution in [-0.2, 0) is 11.2 Å². The Morgan fingerprint density at radius 2 is 1.89 bits per heavy atom. The largest absolute Gasteiger partial charge is 0.427 e. The van der Waals surface area contributed by atoms with Crippen molar-refractivity contribution in [1.82, 2.24) is 0 Å². The van der Waals surface area contributed by atoms with Crippen molar-refractivity contribution < 1.29 is 9.53 Å². The summed E-state index contributed by atoms with van der Waals surface area (Å²) in [4.78, 5) is 11.7. The van der Waals surface area contributed by atoms with Crippen molar-refractivity contribution >= 4 is 17.6 Å². The van der Waals surface area contributed by atoms with Gasteiger partial charge in [-0.25, -0.2) is 0 Å². The second-order valence-electron chi connectivity index (χ2n) is 4.42. The van der Waals surface area contributed by atoms with Crippen LogP contribution in [0.1, 0.15) is 17.5 Å². The molecule has 0 fully saturated rings. The van der Waals surface area contributed by atoms with Gasteiger partial charge in [0.25, 0.3) is 0 Å². The fourth-order valence-electron chi connectivity index (χ4n) is 1.73. The van der Waals surface area contributed by atoms with E-state index >= 15 is 0 Å². The molecule has 0 spiro atoms. The minimum Gasteiger partial charge on any atom is -0.427 e. The molecule has 0 bridgehead atoms.